The van der Waals surface area contributed by atoms with Crippen LogP contribution in [0.1, 0.15) is 35.6 Å². The number of aryl methyl sites for hydroxylation is 2. The first-order chi connectivity index (χ1) is 8.63. The lowest BCUT2D eigenvalue weighted by Crippen LogP contribution is -2.01. The first-order valence-corrected chi connectivity index (χ1v) is 5.94. The van der Waals surface area contributed by atoms with Gasteiger partial charge in [0.1, 0.15) is 5.75 Å². The molecule has 0 amide bonds. The summed E-state index contributed by atoms with van der Waals surface area (Å²) in [5, 5.41) is 12.7. The number of rotatable bonds is 6. The Kier molecular flexibility index (Phi) is 5.49. The minimum atomic E-state index is -0.230. The summed E-state index contributed by atoms with van der Waals surface area (Å²) in [6.45, 7) is 4.03. The van der Waals surface area contributed by atoms with Gasteiger partial charge in [0, 0.05) is 11.5 Å². The van der Waals surface area contributed by atoms with Crippen molar-refractivity contribution in [3.8, 4) is 5.75 Å². The van der Waals surface area contributed by atoms with Crippen LogP contribution in [0.2, 0.25) is 0 Å². The van der Waals surface area contributed by atoms with Crippen molar-refractivity contribution in [2.24, 2.45) is 5.11 Å². The molecular formula is C13H19N3O2. The lowest BCUT2D eigenvalue weighted by atomic mass is 9.96. The fourth-order valence-electron chi connectivity index (χ4n) is 2.01. The van der Waals surface area contributed by atoms with Gasteiger partial charge in [-0.05, 0) is 55.0 Å². The zero-order valence-electron chi connectivity index (χ0n) is 11.1. The smallest absolute Gasteiger partial charge is 0.122 e. The molecule has 0 aliphatic carbocycles. The number of azide groups is 1. The van der Waals surface area contributed by atoms with Gasteiger partial charge in [0.25, 0.3) is 0 Å². The Hall–Kier alpha value is -1.71. The van der Waals surface area contributed by atoms with E-state index in [0.29, 0.717) is 12.8 Å². The minimum absolute atomic E-state index is 0.103. The Morgan fingerprint density at radius 1 is 1.39 bits per heavy atom. The molecule has 0 aliphatic rings. The number of hydrogen-bond donors (Lipinski definition) is 1. The normalized spacial score (nSPS) is 11.8. The van der Waals surface area contributed by atoms with Gasteiger partial charge in [-0.3, -0.25) is 0 Å². The Balaban J connectivity index is 3.11. The molecule has 0 radical (unpaired) electrons. The molecule has 0 aliphatic heterocycles. The van der Waals surface area contributed by atoms with Crippen LogP contribution < -0.4 is 4.74 Å². The van der Waals surface area contributed by atoms with Crippen LogP contribution in [0.3, 0.4) is 0 Å². The third kappa shape index (κ3) is 3.39. The van der Waals surface area contributed by atoms with Crippen LogP contribution in [0.15, 0.2) is 17.2 Å². The van der Waals surface area contributed by atoms with Gasteiger partial charge in [0.05, 0.1) is 13.2 Å². The molecule has 1 N–H and O–H groups in total. The fourth-order valence-corrected chi connectivity index (χ4v) is 2.01. The quantitative estimate of drug-likeness (QED) is 0.476. The monoisotopic (exact) mass is 249 g/mol. The molecule has 18 heavy (non-hydrogen) atoms. The van der Waals surface area contributed by atoms with Crippen LogP contribution in [-0.2, 0) is 0 Å². The SMILES string of the molecule is COc1cc(C)c(C(CCCO)N=[N+]=[N-])cc1C. The summed E-state index contributed by atoms with van der Waals surface area (Å²) in [6.07, 6.45) is 1.27. The van der Waals surface area contributed by atoms with Gasteiger partial charge < -0.3 is 9.84 Å². The van der Waals surface area contributed by atoms with E-state index in [1.807, 2.05) is 26.0 Å². The van der Waals surface area contributed by atoms with Gasteiger partial charge in [-0.1, -0.05) is 11.2 Å². The zero-order valence-corrected chi connectivity index (χ0v) is 11.1. The molecule has 5 heteroatoms. The maximum absolute atomic E-state index is 8.88. The summed E-state index contributed by atoms with van der Waals surface area (Å²) in [7, 11) is 1.64. The molecule has 0 aromatic heterocycles. The number of ether oxygens (including phenoxy) is 1. The molecule has 1 unspecified atom stereocenters. The van der Waals surface area contributed by atoms with Crippen LogP contribution in [0.4, 0.5) is 0 Å². The van der Waals surface area contributed by atoms with E-state index in [1.54, 1.807) is 7.11 Å². The van der Waals surface area contributed by atoms with Crippen molar-refractivity contribution in [1.82, 2.24) is 0 Å². The first-order valence-electron chi connectivity index (χ1n) is 5.94. The molecule has 1 aromatic rings. The topological polar surface area (TPSA) is 78.2 Å². The van der Waals surface area contributed by atoms with Crippen molar-refractivity contribution in [3.05, 3.63) is 39.3 Å². The third-order valence-corrected chi connectivity index (χ3v) is 2.97. The lowest BCUT2D eigenvalue weighted by Gasteiger charge is -2.16. The van der Waals surface area contributed by atoms with E-state index in [9.17, 15) is 0 Å². The number of benzene rings is 1. The van der Waals surface area contributed by atoms with E-state index < -0.39 is 0 Å². The molecule has 0 heterocycles. The highest BCUT2D eigenvalue weighted by Crippen LogP contribution is 2.31. The van der Waals surface area contributed by atoms with E-state index in [0.717, 1.165) is 22.4 Å². The van der Waals surface area contributed by atoms with Crippen molar-refractivity contribution in [3.63, 3.8) is 0 Å². The summed E-state index contributed by atoms with van der Waals surface area (Å²) in [4.78, 5) is 2.89. The highest BCUT2D eigenvalue weighted by atomic mass is 16.5. The first kappa shape index (κ1) is 14.4. The average molecular weight is 249 g/mol. The summed E-state index contributed by atoms with van der Waals surface area (Å²) in [5.41, 5.74) is 11.7. The van der Waals surface area contributed by atoms with Crippen molar-refractivity contribution in [2.45, 2.75) is 32.7 Å². The summed E-state index contributed by atoms with van der Waals surface area (Å²) in [5.74, 6) is 0.832. The highest BCUT2D eigenvalue weighted by Gasteiger charge is 2.14. The number of aliphatic hydroxyl groups is 1. The Labute approximate surface area is 107 Å². The number of hydrogen-bond acceptors (Lipinski definition) is 3. The molecular weight excluding hydrogens is 230 g/mol. The Morgan fingerprint density at radius 3 is 2.67 bits per heavy atom. The van der Waals surface area contributed by atoms with Crippen molar-refractivity contribution >= 4 is 0 Å². The third-order valence-electron chi connectivity index (χ3n) is 2.97. The summed E-state index contributed by atoms with van der Waals surface area (Å²) >= 11 is 0. The second-order valence-electron chi connectivity index (χ2n) is 4.26. The summed E-state index contributed by atoms with van der Waals surface area (Å²) in [6, 6.07) is 3.71. The van der Waals surface area contributed by atoms with Crippen molar-refractivity contribution < 1.29 is 9.84 Å². The molecule has 1 rings (SSSR count). The Bertz CT molecular complexity index is 454. The largest absolute Gasteiger partial charge is 0.496 e. The second kappa shape index (κ2) is 6.89. The van der Waals surface area contributed by atoms with Crippen LogP contribution >= 0.6 is 0 Å². The minimum Gasteiger partial charge on any atom is -0.496 e. The van der Waals surface area contributed by atoms with E-state index in [2.05, 4.69) is 10.0 Å². The van der Waals surface area contributed by atoms with Gasteiger partial charge in [-0.2, -0.15) is 0 Å². The van der Waals surface area contributed by atoms with Gasteiger partial charge in [0.15, 0.2) is 0 Å². The maximum atomic E-state index is 8.88. The summed E-state index contributed by atoms with van der Waals surface area (Å²) < 4.78 is 5.26. The van der Waals surface area contributed by atoms with Crippen molar-refractivity contribution in [1.29, 1.82) is 0 Å². The second-order valence-corrected chi connectivity index (χ2v) is 4.26. The standard InChI is InChI=1S/C13H19N3O2/c1-9-8-13(18-3)10(2)7-11(9)12(15-16-14)5-4-6-17/h7-8,12,17H,4-6H2,1-3H3. The molecule has 0 spiro atoms. The molecule has 0 saturated heterocycles. The molecule has 1 aromatic carbocycles. The molecule has 0 fully saturated rings. The average Bonchev–Trinajstić information content (AvgIpc) is 2.37. The van der Waals surface area contributed by atoms with Gasteiger partial charge in [-0.15, -0.1) is 0 Å². The Morgan fingerprint density at radius 2 is 2.11 bits per heavy atom. The maximum Gasteiger partial charge on any atom is 0.122 e. The van der Waals surface area contributed by atoms with Crippen LogP contribution in [0.5, 0.6) is 5.75 Å². The number of methoxy groups -OCH3 is 1. The zero-order chi connectivity index (χ0) is 13.5. The number of nitrogens with zero attached hydrogens (tertiary/aromatic N) is 3. The predicted molar refractivity (Wildman–Crippen MR) is 70.7 cm³/mol. The van der Waals surface area contributed by atoms with E-state index in [1.165, 1.54) is 0 Å². The van der Waals surface area contributed by atoms with E-state index in [-0.39, 0.29) is 12.6 Å². The fraction of sp³-hybridized carbons (Fsp3) is 0.538. The van der Waals surface area contributed by atoms with Gasteiger partial charge >= 0.3 is 0 Å². The predicted octanol–water partition coefficient (Wildman–Crippen LogP) is 3.44. The van der Waals surface area contributed by atoms with Crippen LogP contribution in [0, 0.1) is 13.8 Å². The van der Waals surface area contributed by atoms with Crippen LogP contribution in [-0.4, -0.2) is 18.8 Å². The van der Waals surface area contributed by atoms with Crippen LogP contribution in [0.25, 0.3) is 10.4 Å². The molecule has 5 nitrogen and oxygen atoms in total. The van der Waals surface area contributed by atoms with Crippen molar-refractivity contribution in [2.75, 3.05) is 13.7 Å². The molecule has 1 atom stereocenters. The van der Waals surface area contributed by atoms with E-state index >= 15 is 0 Å². The highest BCUT2D eigenvalue weighted by molar-refractivity contribution is 5.42. The van der Waals surface area contributed by atoms with Gasteiger partial charge in [0.2, 0.25) is 0 Å². The molecule has 0 bridgehead atoms. The van der Waals surface area contributed by atoms with E-state index in [4.69, 9.17) is 15.4 Å². The molecule has 98 valence electrons. The number of aliphatic hydroxyl groups excluding tert-OH is 1. The molecule has 0 saturated carbocycles. The lowest BCUT2D eigenvalue weighted by molar-refractivity contribution is 0.280. The van der Waals surface area contributed by atoms with Gasteiger partial charge in [-0.25, -0.2) is 0 Å².